The Balaban J connectivity index is 1.33. The van der Waals surface area contributed by atoms with E-state index in [2.05, 4.69) is 19.9 Å². The molecule has 1 aromatic carbocycles. The molecule has 0 amide bonds. The Morgan fingerprint density at radius 3 is 2.78 bits per heavy atom. The van der Waals surface area contributed by atoms with E-state index in [0.29, 0.717) is 30.1 Å². The second kappa shape index (κ2) is 7.06. The van der Waals surface area contributed by atoms with Crippen molar-refractivity contribution in [3.63, 3.8) is 0 Å². The van der Waals surface area contributed by atoms with Gasteiger partial charge in [-0.2, -0.15) is 9.97 Å². The van der Waals surface area contributed by atoms with Gasteiger partial charge in [0.05, 0.1) is 12.9 Å². The molecule has 0 unspecified atom stereocenters. The minimum atomic E-state index is -1.26. The maximum atomic E-state index is 13.6. The molecular weight excluding hydrogens is 441 g/mol. The highest BCUT2D eigenvalue weighted by atomic mass is 35.5. The maximum Gasteiger partial charge on any atom is 0.226 e. The molecule has 0 bridgehead atoms. The summed E-state index contributed by atoms with van der Waals surface area (Å²) in [6.07, 6.45) is -1.12. The Bertz CT molecular complexity index is 1220. The Hall–Kier alpha value is -2.37. The normalized spacial score (nSPS) is 28.5. The lowest BCUT2D eigenvalue weighted by molar-refractivity contribution is -0.0511. The Labute approximate surface area is 187 Å². The molecule has 2 saturated heterocycles. The van der Waals surface area contributed by atoms with Gasteiger partial charge in [-0.05, 0) is 47.7 Å². The van der Waals surface area contributed by atoms with E-state index in [-0.39, 0.29) is 16.5 Å². The van der Waals surface area contributed by atoms with Crippen LogP contribution in [-0.2, 0) is 16.6 Å². The lowest BCUT2D eigenvalue weighted by atomic mass is 9.75. The van der Waals surface area contributed by atoms with Crippen molar-refractivity contribution >= 4 is 28.6 Å². The molecular formula is C21H21ClFN5O4. The van der Waals surface area contributed by atoms with Crippen molar-refractivity contribution in [2.75, 3.05) is 24.6 Å². The zero-order chi connectivity index (χ0) is 22.2. The number of halogens is 2. The summed E-state index contributed by atoms with van der Waals surface area (Å²) < 4.78 is 20.7. The summed E-state index contributed by atoms with van der Waals surface area (Å²) in [7, 11) is 0. The molecule has 1 aliphatic carbocycles. The van der Waals surface area contributed by atoms with Crippen LogP contribution in [0, 0.1) is 5.82 Å². The second-order valence-corrected chi connectivity index (χ2v) is 9.15. The van der Waals surface area contributed by atoms with E-state index in [1.54, 1.807) is 6.07 Å². The summed E-state index contributed by atoms with van der Waals surface area (Å²) in [5.41, 5.74) is 3.07. The van der Waals surface area contributed by atoms with Crippen molar-refractivity contribution in [1.82, 2.24) is 19.5 Å². The van der Waals surface area contributed by atoms with Gasteiger partial charge in [-0.3, -0.25) is 4.57 Å². The summed E-state index contributed by atoms with van der Waals surface area (Å²) >= 11 is 6.23. The van der Waals surface area contributed by atoms with Gasteiger partial charge in [0.2, 0.25) is 5.28 Å². The molecule has 3 aromatic rings. The monoisotopic (exact) mass is 461 g/mol. The van der Waals surface area contributed by atoms with Crippen molar-refractivity contribution in [2.24, 2.45) is 0 Å². The van der Waals surface area contributed by atoms with Gasteiger partial charge in [-0.15, -0.1) is 0 Å². The third-order valence-electron chi connectivity index (χ3n) is 6.97. The fourth-order valence-corrected chi connectivity index (χ4v) is 5.51. The molecule has 2 aromatic heterocycles. The molecule has 9 nitrogen and oxygen atoms in total. The summed E-state index contributed by atoms with van der Waals surface area (Å²) in [5.74, 6) is 0.364. The van der Waals surface area contributed by atoms with Gasteiger partial charge in [-0.1, -0.05) is 6.07 Å². The number of nitrogens with zero attached hydrogens (tertiary/aromatic N) is 5. The van der Waals surface area contributed by atoms with Crippen LogP contribution < -0.4 is 4.90 Å². The van der Waals surface area contributed by atoms with Crippen LogP contribution in [0.15, 0.2) is 24.5 Å². The number of aryl methyl sites for hydroxylation is 1. The zero-order valence-electron chi connectivity index (χ0n) is 16.9. The first-order valence-corrected chi connectivity index (χ1v) is 10.8. The van der Waals surface area contributed by atoms with Crippen molar-refractivity contribution < 1.29 is 24.4 Å². The number of hydrogen-bond donors (Lipinski definition) is 3. The van der Waals surface area contributed by atoms with Gasteiger partial charge in [0.1, 0.15) is 24.1 Å². The first-order chi connectivity index (χ1) is 15.4. The van der Waals surface area contributed by atoms with E-state index in [0.717, 1.165) is 18.4 Å². The predicted octanol–water partition coefficient (Wildman–Crippen LogP) is 0.934. The second-order valence-electron chi connectivity index (χ2n) is 8.81. The van der Waals surface area contributed by atoms with Gasteiger partial charge in [0, 0.05) is 18.5 Å². The number of fused-ring (bicyclic) bond motifs is 3. The van der Waals surface area contributed by atoms with Crippen LogP contribution in [0.2, 0.25) is 5.28 Å². The minimum absolute atomic E-state index is 0.0239. The zero-order valence-corrected chi connectivity index (χ0v) is 17.7. The van der Waals surface area contributed by atoms with Crippen LogP contribution in [0.25, 0.3) is 11.2 Å². The molecule has 0 radical (unpaired) electrons. The molecule has 6 rings (SSSR count). The Morgan fingerprint density at radius 1 is 1.22 bits per heavy atom. The minimum Gasteiger partial charge on any atom is -0.394 e. The number of aliphatic hydroxyl groups is 3. The van der Waals surface area contributed by atoms with E-state index in [4.69, 9.17) is 16.3 Å². The number of rotatable bonds is 3. The van der Waals surface area contributed by atoms with Gasteiger partial charge < -0.3 is 25.0 Å². The number of benzene rings is 1. The smallest absolute Gasteiger partial charge is 0.226 e. The van der Waals surface area contributed by atoms with Gasteiger partial charge in [0.15, 0.2) is 23.2 Å². The topological polar surface area (TPSA) is 117 Å². The standard InChI is InChI=1S/C21H21ClFN5O4/c22-20-25-17(27-7-21(8-27)4-3-10-5-11(23)1-2-12(10)21)14-18(26-20)28(9-24-14)19-16(31)15(30)13(6-29)32-19/h1-2,5,9,13,15-16,19,29-31H,3-4,6-8H2/t13-,15-,16-,19-/m1/s1. The molecule has 4 heterocycles. The van der Waals surface area contributed by atoms with E-state index in [1.807, 2.05) is 6.07 Å². The fourth-order valence-electron chi connectivity index (χ4n) is 5.35. The van der Waals surface area contributed by atoms with Crippen LogP contribution >= 0.6 is 11.6 Å². The number of ether oxygens (including phenoxy) is 1. The summed E-state index contributed by atoms with van der Waals surface area (Å²) in [5, 5.41) is 29.9. The molecule has 11 heteroatoms. The molecule has 4 atom stereocenters. The van der Waals surface area contributed by atoms with Crippen LogP contribution in [0.3, 0.4) is 0 Å². The van der Waals surface area contributed by atoms with Gasteiger partial charge >= 0.3 is 0 Å². The van der Waals surface area contributed by atoms with Gasteiger partial charge in [-0.25, -0.2) is 9.37 Å². The number of anilines is 1. The lowest BCUT2D eigenvalue weighted by Crippen LogP contribution is -2.58. The average Bonchev–Trinajstić information content (AvgIpc) is 3.41. The SMILES string of the molecule is OC[C@H]1O[C@@H](n2cnc3c(N4CC5(CCc6cc(F)ccc65)C4)nc(Cl)nc32)[C@H](O)[C@@H]1O. The van der Waals surface area contributed by atoms with Crippen LogP contribution in [0.4, 0.5) is 10.2 Å². The highest BCUT2D eigenvalue weighted by Gasteiger charge is 2.50. The number of aromatic nitrogens is 4. The third-order valence-corrected chi connectivity index (χ3v) is 7.13. The number of imidazole rings is 1. The molecule has 0 saturated carbocycles. The summed E-state index contributed by atoms with van der Waals surface area (Å²) in [6.45, 7) is 0.979. The van der Waals surface area contributed by atoms with Crippen LogP contribution in [0.1, 0.15) is 23.8 Å². The molecule has 2 aliphatic heterocycles. The van der Waals surface area contributed by atoms with E-state index in [1.165, 1.54) is 22.5 Å². The first kappa shape index (κ1) is 20.3. The average molecular weight is 462 g/mol. The number of hydrogen-bond acceptors (Lipinski definition) is 8. The number of aliphatic hydroxyl groups excluding tert-OH is 3. The quantitative estimate of drug-likeness (QED) is 0.493. The molecule has 1 spiro atoms. The maximum absolute atomic E-state index is 13.6. The van der Waals surface area contributed by atoms with Crippen molar-refractivity contribution in [1.29, 1.82) is 0 Å². The molecule has 168 valence electrons. The Morgan fingerprint density at radius 2 is 2.03 bits per heavy atom. The van der Waals surface area contributed by atoms with Gasteiger partial charge in [0.25, 0.3) is 0 Å². The first-order valence-electron chi connectivity index (χ1n) is 10.5. The summed E-state index contributed by atoms with van der Waals surface area (Å²) in [6, 6.07) is 5.01. The van der Waals surface area contributed by atoms with E-state index < -0.39 is 31.1 Å². The lowest BCUT2D eigenvalue weighted by Gasteiger charge is -2.49. The highest BCUT2D eigenvalue weighted by molar-refractivity contribution is 6.28. The molecule has 3 N–H and O–H groups in total. The van der Waals surface area contributed by atoms with Crippen molar-refractivity contribution in [2.45, 2.75) is 42.8 Å². The van der Waals surface area contributed by atoms with Crippen LogP contribution in [0.5, 0.6) is 0 Å². The summed E-state index contributed by atoms with van der Waals surface area (Å²) in [4.78, 5) is 15.2. The van der Waals surface area contributed by atoms with Crippen LogP contribution in [-0.4, -0.2) is 72.8 Å². The van der Waals surface area contributed by atoms with E-state index in [9.17, 15) is 19.7 Å². The highest BCUT2D eigenvalue weighted by Crippen LogP contribution is 2.47. The molecule has 3 aliphatic rings. The molecule has 2 fully saturated rings. The largest absolute Gasteiger partial charge is 0.394 e. The van der Waals surface area contributed by atoms with Crippen molar-refractivity contribution in [3.8, 4) is 0 Å². The molecule has 32 heavy (non-hydrogen) atoms. The third kappa shape index (κ3) is 2.80. The predicted molar refractivity (Wildman–Crippen MR) is 112 cm³/mol. The fraction of sp³-hybridized carbons (Fsp3) is 0.476. The van der Waals surface area contributed by atoms with E-state index >= 15 is 0 Å². The van der Waals surface area contributed by atoms with Crippen molar-refractivity contribution in [3.05, 3.63) is 46.8 Å². The Kier molecular flexibility index (Phi) is 4.47.